The van der Waals surface area contributed by atoms with Gasteiger partial charge in [0.2, 0.25) is 0 Å². The Morgan fingerprint density at radius 3 is 2.29 bits per heavy atom. The van der Waals surface area contributed by atoms with E-state index in [0.29, 0.717) is 0 Å². The first-order chi connectivity index (χ1) is 6.88. The van der Waals surface area contributed by atoms with E-state index in [1.807, 2.05) is 12.2 Å². The van der Waals surface area contributed by atoms with Gasteiger partial charge in [-0.1, -0.05) is 62.8 Å². The molecule has 1 fully saturated rings. The van der Waals surface area contributed by atoms with Crippen LogP contribution in [0.3, 0.4) is 0 Å². The van der Waals surface area contributed by atoms with Crippen molar-refractivity contribution in [3.05, 3.63) is 49.1 Å². The second-order valence-corrected chi connectivity index (χ2v) is 3.83. The maximum Gasteiger partial charge on any atom is -0.0162 e. The lowest BCUT2D eigenvalue weighted by Crippen LogP contribution is -2.07. The average Bonchev–Trinajstić information content (AvgIpc) is 2.26. The monoisotopic (exact) mass is 188 g/mol. The van der Waals surface area contributed by atoms with Crippen molar-refractivity contribution in [2.45, 2.75) is 32.1 Å². The van der Waals surface area contributed by atoms with E-state index in [9.17, 15) is 0 Å². The first-order valence-corrected chi connectivity index (χ1v) is 5.50. The lowest BCUT2D eigenvalue weighted by atomic mass is 9.83. The van der Waals surface area contributed by atoms with Gasteiger partial charge in [-0.15, -0.1) is 0 Å². The minimum absolute atomic E-state index is 0.746. The van der Waals surface area contributed by atoms with Crippen LogP contribution in [0.25, 0.3) is 0 Å². The molecule has 0 saturated heterocycles. The number of rotatable bonds is 4. The molecule has 0 nitrogen and oxygen atoms in total. The van der Waals surface area contributed by atoms with Crippen LogP contribution in [-0.2, 0) is 0 Å². The number of allylic oxidation sites excluding steroid dienone is 6. The van der Waals surface area contributed by atoms with Crippen molar-refractivity contribution in [2.24, 2.45) is 5.92 Å². The van der Waals surface area contributed by atoms with Crippen molar-refractivity contribution in [1.29, 1.82) is 0 Å². The normalized spacial score (nSPS) is 19.9. The predicted molar refractivity (Wildman–Crippen MR) is 64.2 cm³/mol. The van der Waals surface area contributed by atoms with E-state index in [4.69, 9.17) is 0 Å². The first-order valence-electron chi connectivity index (χ1n) is 5.50. The first kappa shape index (κ1) is 11.0. The molecule has 0 heteroatoms. The summed E-state index contributed by atoms with van der Waals surface area (Å²) in [4.78, 5) is 0. The largest absolute Gasteiger partial charge is 0.0991 e. The second-order valence-electron chi connectivity index (χ2n) is 3.83. The van der Waals surface area contributed by atoms with Crippen LogP contribution in [0.2, 0.25) is 0 Å². The molecule has 0 radical (unpaired) electrons. The molecular formula is C14H20. The number of hydrogen-bond donors (Lipinski definition) is 0. The maximum absolute atomic E-state index is 3.89. The Morgan fingerprint density at radius 1 is 1.00 bits per heavy atom. The third-order valence-corrected chi connectivity index (χ3v) is 2.85. The second kappa shape index (κ2) is 6.42. The molecule has 0 unspecified atom stereocenters. The van der Waals surface area contributed by atoms with Gasteiger partial charge in [-0.05, 0) is 24.3 Å². The fraction of sp³-hybridized carbons (Fsp3) is 0.429. The Hall–Kier alpha value is -1.04. The minimum Gasteiger partial charge on any atom is -0.0991 e. The van der Waals surface area contributed by atoms with E-state index in [1.54, 1.807) is 6.08 Å². The molecule has 0 aromatic rings. The van der Waals surface area contributed by atoms with Gasteiger partial charge in [-0.3, -0.25) is 0 Å². The Balaban J connectivity index is 2.59. The van der Waals surface area contributed by atoms with Crippen LogP contribution >= 0.6 is 0 Å². The Bertz CT molecular complexity index is 237. The highest BCUT2D eigenvalue weighted by Gasteiger charge is 2.14. The van der Waals surface area contributed by atoms with Crippen LogP contribution < -0.4 is 0 Å². The molecule has 1 aliphatic rings. The predicted octanol–water partition coefficient (Wildman–Crippen LogP) is 4.42. The van der Waals surface area contributed by atoms with Gasteiger partial charge in [0.15, 0.2) is 0 Å². The topological polar surface area (TPSA) is 0 Å². The van der Waals surface area contributed by atoms with E-state index in [-0.39, 0.29) is 0 Å². The fourth-order valence-corrected chi connectivity index (χ4v) is 2.05. The summed E-state index contributed by atoms with van der Waals surface area (Å²) in [6.45, 7) is 7.54. The maximum atomic E-state index is 3.89. The van der Waals surface area contributed by atoms with Crippen LogP contribution in [-0.4, -0.2) is 0 Å². The highest BCUT2D eigenvalue weighted by atomic mass is 14.2. The van der Waals surface area contributed by atoms with Crippen molar-refractivity contribution >= 4 is 0 Å². The Morgan fingerprint density at radius 2 is 1.71 bits per heavy atom. The zero-order valence-corrected chi connectivity index (χ0v) is 8.91. The summed E-state index contributed by atoms with van der Waals surface area (Å²) in [5.41, 5.74) is 1.39. The van der Waals surface area contributed by atoms with Gasteiger partial charge in [0, 0.05) is 0 Å². The minimum atomic E-state index is 0.746. The lowest BCUT2D eigenvalue weighted by molar-refractivity contribution is 0.408. The van der Waals surface area contributed by atoms with Crippen molar-refractivity contribution in [1.82, 2.24) is 0 Å². The van der Waals surface area contributed by atoms with Crippen LogP contribution in [0, 0.1) is 5.92 Å². The third kappa shape index (κ3) is 3.37. The SMILES string of the molecule is C=C/C=C\C=C(/C=C)C1CCCCC1. The van der Waals surface area contributed by atoms with Crippen molar-refractivity contribution in [3.8, 4) is 0 Å². The van der Waals surface area contributed by atoms with Crippen molar-refractivity contribution < 1.29 is 0 Å². The van der Waals surface area contributed by atoms with Gasteiger partial charge in [0.1, 0.15) is 0 Å². The van der Waals surface area contributed by atoms with E-state index in [2.05, 4.69) is 25.3 Å². The summed E-state index contributed by atoms with van der Waals surface area (Å²) in [7, 11) is 0. The molecule has 0 aliphatic heterocycles. The zero-order valence-electron chi connectivity index (χ0n) is 8.91. The summed E-state index contributed by atoms with van der Waals surface area (Å²) in [6.07, 6.45) is 16.8. The van der Waals surface area contributed by atoms with Gasteiger partial charge >= 0.3 is 0 Å². The van der Waals surface area contributed by atoms with Crippen LogP contribution in [0.5, 0.6) is 0 Å². The summed E-state index contributed by atoms with van der Waals surface area (Å²) in [5.74, 6) is 0.746. The molecule has 0 spiro atoms. The van der Waals surface area contributed by atoms with Crippen LogP contribution in [0.15, 0.2) is 49.1 Å². The van der Waals surface area contributed by atoms with Gasteiger partial charge in [-0.2, -0.15) is 0 Å². The Labute approximate surface area is 87.7 Å². The van der Waals surface area contributed by atoms with Crippen molar-refractivity contribution in [2.75, 3.05) is 0 Å². The summed E-state index contributed by atoms with van der Waals surface area (Å²) < 4.78 is 0. The molecule has 1 rings (SSSR count). The van der Waals surface area contributed by atoms with E-state index in [1.165, 1.54) is 37.7 Å². The van der Waals surface area contributed by atoms with Gasteiger partial charge in [-0.25, -0.2) is 0 Å². The van der Waals surface area contributed by atoms with Crippen LogP contribution in [0.4, 0.5) is 0 Å². The molecule has 0 aromatic heterocycles. The molecule has 1 saturated carbocycles. The molecule has 0 aromatic carbocycles. The number of hydrogen-bond acceptors (Lipinski definition) is 0. The standard InChI is InChI=1S/C14H20/c1-3-5-7-10-13(4-2)14-11-8-6-9-12-14/h3-5,7,10,14H,1-2,6,8-9,11-12H2/b7-5-,13-10+. The smallest absolute Gasteiger partial charge is 0.0162 e. The molecule has 0 bridgehead atoms. The summed E-state index contributed by atoms with van der Waals surface area (Å²) >= 11 is 0. The summed E-state index contributed by atoms with van der Waals surface area (Å²) in [6, 6.07) is 0. The van der Waals surface area contributed by atoms with Crippen molar-refractivity contribution in [3.63, 3.8) is 0 Å². The highest BCUT2D eigenvalue weighted by molar-refractivity contribution is 5.26. The van der Waals surface area contributed by atoms with Gasteiger partial charge in [0.05, 0.1) is 0 Å². The van der Waals surface area contributed by atoms with E-state index >= 15 is 0 Å². The van der Waals surface area contributed by atoms with Gasteiger partial charge in [0.25, 0.3) is 0 Å². The molecule has 14 heavy (non-hydrogen) atoms. The molecule has 1 aliphatic carbocycles. The molecule has 0 heterocycles. The molecule has 76 valence electrons. The van der Waals surface area contributed by atoms with E-state index < -0.39 is 0 Å². The quantitative estimate of drug-likeness (QED) is 0.573. The average molecular weight is 188 g/mol. The Kier molecular flexibility index (Phi) is 5.06. The molecule has 0 atom stereocenters. The highest BCUT2D eigenvalue weighted by Crippen LogP contribution is 2.30. The summed E-state index contributed by atoms with van der Waals surface area (Å²) in [5, 5.41) is 0. The zero-order chi connectivity index (χ0) is 10.2. The molecule has 0 amide bonds. The fourth-order valence-electron chi connectivity index (χ4n) is 2.05. The molecule has 0 N–H and O–H groups in total. The van der Waals surface area contributed by atoms with Gasteiger partial charge < -0.3 is 0 Å². The van der Waals surface area contributed by atoms with Crippen LogP contribution in [0.1, 0.15) is 32.1 Å². The lowest BCUT2D eigenvalue weighted by Gasteiger charge is -2.22. The molecular weight excluding hydrogens is 168 g/mol. The third-order valence-electron chi connectivity index (χ3n) is 2.85. The van der Waals surface area contributed by atoms with E-state index in [0.717, 1.165) is 5.92 Å².